The first-order valence-corrected chi connectivity index (χ1v) is 11.0. The summed E-state index contributed by atoms with van der Waals surface area (Å²) in [5, 5.41) is 34.9. The van der Waals surface area contributed by atoms with Gasteiger partial charge in [0.1, 0.15) is 22.8 Å². The van der Waals surface area contributed by atoms with Gasteiger partial charge < -0.3 is 31.1 Å². The average Bonchev–Trinajstić information content (AvgIpc) is 2.78. The minimum absolute atomic E-state index is 0.0204. The van der Waals surface area contributed by atoms with Crippen LogP contribution in [-0.4, -0.2) is 51.8 Å². The summed E-state index contributed by atoms with van der Waals surface area (Å²) in [5.74, 6) is -7.39. The van der Waals surface area contributed by atoms with Crippen molar-refractivity contribution in [2.75, 3.05) is 12.4 Å². The summed E-state index contributed by atoms with van der Waals surface area (Å²) >= 11 is 0. The Morgan fingerprint density at radius 3 is 2.49 bits per heavy atom. The lowest BCUT2D eigenvalue weighted by Gasteiger charge is -2.41. The van der Waals surface area contributed by atoms with Crippen LogP contribution in [-0.2, 0) is 35.1 Å². The van der Waals surface area contributed by atoms with Gasteiger partial charge in [0, 0.05) is 18.4 Å². The molecule has 0 heterocycles. The van der Waals surface area contributed by atoms with Crippen LogP contribution in [0.15, 0.2) is 29.0 Å². The van der Waals surface area contributed by atoms with Crippen molar-refractivity contribution in [1.29, 1.82) is 0 Å². The molecule has 0 aliphatic heterocycles. The van der Waals surface area contributed by atoms with Crippen LogP contribution in [0.3, 0.4) is 0 Å². The zero-order chi connectivity index (χ0) is 25.6. The molecule has 0 bridgehead atoms. The van der Waals surface area contributed by atoms with Gasteiger partial charge in [-0.05, 0) is 36.3 Å². The highest BCUT2D eigenvalue weighted by Gasteiger charge is 2.50. The monoisotopic (exact) mass is 484 g/mol. The molecule has 1 aromatic carbocycles. The number of methoxy groups -OCH3 is 1. The number of fused-ring (bicyclic) bond motifs is 3. The Kier molecular flexibility index (Phi) is 6.10. The predicted octanol–water partition coefficient (Wildman–Crippen LogP) is 1.20. The van der Waals surface area contributed by atoms with E-state index in [-0.39, 0.29) is 42.5 Å². The summed E-state index contributed by atoms with van der Waals surface area (Å²) in [4.78, 5) is 60.8. The molecule has 11 nitrogen and oxygen atoms in total. The fourth-order valence-corrected chi connectivity index (χ4v) is 5.25. The number of anilines is 1. The number of carbonyl (C=O) groups excluding carboxylic acids is 5. The number of aliphatic hydroxyl groups is 2. The SMILES string of the molecule is COC(=O)CCC(=O)Nc1ccc2c(c1O)C(O)=C1C(=O)C3C(O)=C(C(N)=O)C(=O)C[C@@H]3C[C@@H]1C2. The first-order chi connectivity index (χ1) is 16.5. The number of esters is 1. The van der Waals surface area contributed by atoms with Gasteiger partial charge in [-0.2, -0.15) is 0 Å². The molecule has 0 aromatic heterocycles. The second-order valence-electron chi connectivity index (χ2n) is 8.87. The molecule has 2 amide bonds. The number of benzene rings is 1. The lowest BCUT2D eigenvalue weighted by molar-refractivity contribution is -0.141. The summed E-state index contributed by atoms with van der Waals surface area (Å²) in [7, 11) is 1.20. The van der Waals surface area contributed by atoms with Gasteiger partial charge in [-0.1, -0.05) is 6.07 Å². The number of ketones is 2. The Bertz CT molecular complexity index is 1240. The van der Waals surface area contributed by atoms with E-state index in [4.69, 9.17) is 5.73 Å². The maximum atomic E-state index is 13.4. The Labute approximate surface area is 199 Å². The number of Topliss-reactive ketones (excluding diaryl/α,β-unsaturated/α-hetero) is 2. The fraction of sp³-hybridized carbons (Fsp3) is 0.375. The van der Waals surface area contributed by atoms with Crippen LogP contribution in [0.5, 0.6) is 5.75 Å². The molecule has 184 valence electrons. The Balaban J connectivity index is 1.69. The number of hydrogen-bond donors (Lipinski definition) is 5. The molecular formula is C24H24N2O9. The maximum Gasteiger partial charge on any atom is 0.306 e. The van der Waals surface area contributed by atoms with Crippen LogP contribution in [0.1, 0.15) is 36.8 Å². The first-order valence-electron chi connectivity index (χ1n) is 11.0. The van der Waals surface area contributed by atoms with Gasteiger partial charge in [0.2, 0.25) is 5.91 Å². The number of ether oxygens (including phenoxy) is 1. The summed E-state index contributed by atoms with van der Waals surface area (Å²) < 4.78 is 4.49. The van der Waals surface area contributed by atoms with E-state index in [1.165, 1.54) is 13.2 Å². The first kappa shape index (κ1) is 24.0. The van der Waals surface area contributed by atoms with Gasteiger partial charge >= 0.3 is 5.97 Å². The van der Waals surface area contributed by atoms with Crippen LogP contribution in [0, 0.1) is 17.8 Å². The highest BCUT2D eigenvalue weighted by molar-refractivity contribution is 6.21. The fourth-order valence-electron chi connectivity index (χ4n) is 5.25. The van der Waals surface area contributed by atoms with Crippen LogP contribution < -0.4 is 11.1 Å². The lowest BCUT2D eigenvalue weighted by Crippen LogP contribution is -2.44. The zero-order valence-corrected chi connectivity index (χ0v) is 18.8. The van der Waals surface area contributed by atoms with Gasteiger partial charge in [0.15, 0.2) is 11.6 Å². The van der Waals surface area contributed by atoms with Crippen molar-refractivity contribution in [2.45, 2.75) is 32.1 Å². The number of hydrogen-bond acceptors (Lipinski definition) is 9. The highest BCUT2D eigenvalue weighted by atomic mass is 16.5. The molecular weight excluding hydrogens is 460 g/mol. The number of nitrogens with one attached hydrogen (secondary N) is 1. The third kappa shape index (κ3) is 4.02. The molecule has 1 fully saturated rings. The molecule has 0 radical (unpaired) electrons. The van der Waals surface area contributed by atoms with Crippen LogP contribution in [0.25, 0.3) is 5.76 Å². The van der Waals surface area contributed by atoms with Gasteiger partial charge in [0.25, 0.3) is 5.91 Å². The molecule has 3 atom stereocenters. The molecule has 4 rings (SSSR count). The Hall–Kier alpha value is -4.15. The van der Waals surface area contributed by atoms with Crippen molar-refractivity contribution in [2.24, 2.45) is 23.5 Å². The van der Waals surface area contributed by atoms with E-state index < -0.39 is 69.9 Å². The van der Waals surface area contributed by atoms with Crippen LogP contribution >= 0.6 is 0 Å². The third-order valence-corrected chi connectivity index (χ3v) is 6.82. The van der Waals surface area contributed by atoms with E-state index >= 15 is 0 Å². The topological polar surface area (TPSA) is 193 Å². The normalized spacial score (nSPS) is 23.3. The van der Waals surface area contributed by atoms with Crippen molar-refractivity contribution in [3.63, 3.8) is 0 Å². The quantitative estimate of drug-likeness (QED) is 0.232. The molecule has 1 saturated carbocycles. The molecule has 1 aromatic rings. The summed E-state index contributed by atoms with van der Waals surface area (Å²) in [6.45, 7) is 0. The van der Waals surface area contributed by atoms with Gasteiger partial charge in [-0.3, -0.25) is 24.0 Å². The second-order valence-corrected chi connectivity index (χ2v) is 8.87. The van der Waals surface area contributed by atoms with Gasteiger partial charge in [0.05, 0.1) is 30.7 Å². The maximum absolute atomic E-state index is 13.4. The standard InChI is InChI=1S/C24H24N2O9/c1-35-15(29)5-4-14(28)26-12-3-2-9-6-10-7-11-8-13(27)19(24(25)34)23(33)18(11)22(32)17(10)21(31)16(9)20(12)30/h2-3,10-11,18,30-31,33H,4-8H2,1H3,(H2,25,34)(H,26,28)/t10-,11-,18?/m0/s1. The number of nitrogens with two attached hydrogens (primary N) is 1. The Morgan fingerprint density at radius 2 is 1.83 bits per heavy atom. The van der Waals surface area contributed by atoms with E-state index in [9.17, 15) is 39.3 Å². The lowest BCUT2D eigenvalue weighted by atomic mass is 9.61. The smallest absolute Gasteiger partial charge is 0.306 e. The van der Waals surface area contributed by atoms with E-state index in [0.717, 1.165) is 0 Å². The van der Waals surface area contributed by atoms with Gasteiger partial charge in [-0.25, -0.2) is 0 Å². The minimum atomic E-state index is -1.20. The number of primary amides is 1. The average molecular weight is 484 g/mol. The van der Waals surface area contributed by atoms with Crippen molar-refractivity contribution in [3.05, 3.63) is 40.2 Å². The van der Waals surface area contributed by atoms with Crippen molar-refractivity contribution < 1.29 is 44.0 Å². The molecule has 3 aliphatic carbocycles. The van der Waals surface area contributed by atoms with E-state index in [1.54, 1.807) is 6.07 Å². The molecule has 0 spiro atoms. The van der Waals surface area contributed by atoms with Gasteiger partial charge in [-0.15, -0.1) is 0 Å². The Morgan fingerprint density at radius 1 is 1.11 bits per heavy atom. The predicted molar refractivity (Wildman–Crippen MR) is 120 cm³/mol. The molecule has 3 aliphatic rings. The van der Waals surface area contributed by atoms with E-state index in [0.29, 0.717) is 12.0 Å². The molecule has 6 N–H and O–H groups in total. The third-order valence-electron chi connectivity index (χ3n) is 6.82. The minimum Gasteiger partial charge on any atom is -0.511 e. The highest BCUT2D eigenvalue weighted by Crippen LogP contribution is 2.50. The summed E-state index contributed by atoms with van der Waals surface area (Å²) in [6, 6.07) is 3.05. The van der Waals surface area contributed by atoms with E-state index in [2.05, 4.69) is 10.1 Å². The van der Waals surface area contributed by atoms with Crippen LogP contribution in [0.2, 0.25) is 0 Å². The summed E-state index contributed by atoms with van der Waals surface area (Å²) in [5.41, 5.74) is 5.08. The summed E-state index contributed by atoms with van der Waals surface area (Å²) in [6.07, 6.45) is 0.0955. The molecule has 35 heavy (non-hydrogen) atoms. The number of aliphatic hydroxyl groups excluding tert-OH is 2. The molecule has 0 saturated heterocycles. The largest absolute Gasteiger partial charge is 0.511 e. The van der Waals surface area contributed by atoms with Crippen LogP contribution in [0.4, 0.5) is 5.69 Å². The van der Waals surface area contributed by atoms with E-state index in [1.807, 2.05) is 0 Å². The van der Waals surface area contributed by atoms with Crippen molar-refractivity contribution in [3.8, 4) is 5.75 Å². The molecule has 11 heteroatoms. The number of rotatable bonds is 5. The number of carbonyl (C=O) groups is 5. The number of phenolic OH excluding ortho intramolecular Hbond substituents is 1. The zero-order valence-electron chi connectivity index (χ0n) is 18.8. The van der Waals surface area contributed by atoms with Crippen molar-refractivity contribution in [1.82, 2.24) is 0 Å². The molecule has 1 unspecified atom stereocenters. The number of aromatic hydroxyl groups is 1. The second kappa shape index (κ2) is 8.90. The number of phenols is 1. The number of allylic oxidation sites excluding steroid dienone is 2. The van der Waals surface area contributed by atoms with Crippen molar-refractivity contribution >= 4 is 40.8 Å². The number of amides is 2.